The average Bonchev–Trinajstić information content (AvgIpc) is 3.33. The fourth-order valence-corrected chi connectivity index (χ4v) is 4.80. The van der Waals surface area contributed by atoms with Crippen LogP contribution in [-0.2, 0) is 12.3 Å². The predicted octanol–water partition coefficient (Wildman–Crippen LogP) is 5.48. The van der Waals surface area contributed by atoms with Crippen molar-refractivity contribution in [1.29, 1.82) is 0 Å². The number of carbonyl (C=O) groups is 1. The Bertz CT molecular complexity index is 1410. The van der Waals surface area contributed by atoms with Gasteiger partial charge in [-0.25, -0.2) is 0 Å². The van der Waals surface area contributed by atoms with Crippen molar-refractivity contribution >= 4 is 29.3 Å². The molecule has 0 fully saturated rings. The van der Waals surface area contributed by atoms with E-state index in [2.05, 4.69) is 15.5 Å². The molecule has 0 spiro atoms. The van der Waals surface area contributed by atoms with Crippen molar-refractivity contribution < 1.29 is 19.0 Å². The van der Waals surface area contributed by atoms with Gasteiger partial charge in [-0.3, -0.25) is 9.36 Å². The number of nitrogens with zero attached hydrogens (tertiary/aromatic N) is 3. The number of hydrogen-bond acceptors (Lipinski definition) is 7. The number of rotatable bonds is 10. The van der Waals surface area contributed by atoms with Crippen molar-refractivity contribution in [2.45, 2.75) is 24.4 Å². The number of carbonyl (C=O) groups excluding carboxylic acids is 1. The number of nitrogens with one attached hydrogen (secondary N) is 1. The summed E-state index contributed by atoms with van der Waals surface area (Å²) in [5, 5.41) is 13.0. The molecule has 4 aromatic rings. The first kappa shape index (κ1) is 26.4. The molecule has 1 heterocycles. The van der Waals surface area contributed by atoms with Crippen LogP contribution < -0.4 is 19.5 Å². The highest BCUT2D eigenvalue weighted by molar-refractivity contribution is 7.98. The van der Waals surface area contributed by atoms with Crippen LogP contribution in [0.2, 0.25) is 5.02 Å². The van der Waals surface area contributed by atoms with Crippen LogP contribution in [0, 0.1) is 6.92 Å². The van der Waals surface area contributed by atoms with Gasteiger partial charge in [0.05, 0.1) is 39.1 Å². The molecule has 8 nitrogen and oxygen atoms in total. The Morgan fingerprint density at radius 1 is 0.973 bits per heavy atom. The second-order valence-corrected chi connectivity index (χ2v) is 9.43. The first-order valence-corrected chi connectivity index (χ1v) is 12.8. The number of halogens is 1. The van der Waals surface area contributed by atoms with Gasteiger partial charge in [-0.05, 0) is 54.4 Å². The van der Waals surface area contributed by atoms with Gasteiger partial charge in [-0.15, -0.1) is 10.2 Å². The maximum atomic E-state index is 13.0. The van der Waals surface area contributed by atoms with Gasteiger partial charge in [0.1, 0.15) is 17.2 Å². The van der Waals surface area contributed by atoms with Crippen LogP contribution in [0.15, 0.2) is 65.8 Å². The molecule has 1 amide bonds. The van der Waals surface area contributed by atoms with E-state index in [0.717, 1.165) is 22.6 Å². The fourth-order valence-electron chi connectivity index (χ4n) is 3.72. The summed E-state index contributed by atoms with van der Waals surface area (Å²) in [6, 6.07) is 18.6. The highest BCUT2D eigenvalue weighted by Crippen LogP contribution is 2.30. The van der Waals surface area contributed by atoms with Crippen LogP contribution in [-0.4, -0.2) is 42.0 Å². The highest BCUT2D eigenvalue weighted by Gasteiger charge is 2.19. The van der Waals surface area contributed by atoms with Crippen molar-refractivity contribution in [3.8, 4) is 22.9 Å². The molecule has 4 rings (SSSR count). The molecular formula is C27H27ClN4O4S. The van der Waals surface area contributed by atoms with Gasteiger partial charge in [0.25, 0.3) is 5.91 Å². The van der Waals surface area contributed by atoms with E-state index < -0.39 is 0 Å². The lowest BCUT2D eigenvalue weighted by atomic mass is 10.1. The van der Waals surface area contributed by atoms with Crippen molar-refractivity contribution in [3.05, 3.63) is 88.2 Å². The lowest BCUT2D eigenvalue weighted by Gasteiger charge is -2.14. The summed E-state index contributed by atoms with van der Waals surface area (Å²) in [6.07, 6.45) is 0. The first-order valence-electron chi connectivity index (χ1n) is 11.4. The van der Waals surface area contributed by atoms with E-state index in [-0.39, 0.29) is 12.5 Å². The molecule has 192 valence electrons. The number of thioether (sulfide) groups is 1. The Morgan fingerprint density at radius 2 is 1.76 bits per heavy atom. The van der Waals surface area contributed by atoms with Crippen LogP contribution in [0.1, 0.15) is 27.3 Å². The number of hydrogen-bond donors (Lipinski definition) is 1. The van der Waals surface area contributed by atoms with E-state index in [1.54, 1.807) is 32.4 Å². The second kappa shape index (κ2) is 12.0. The number of methoxy groups -OCH3 is 3. The third-order valence-electron chi connectivity index (χ3n) is 5.67. The molecule has 0 saturated heterocycles. The van der Waals surface area contributed by atoms with Crippen LogP contribution in [0.3, 0.4) is 0 Å². The van der Waals surface area contributed by atoms with Gasteiger partial charge in [0.15, 0.2) is 11.0 Å². The third kappa shape index (κ3) is 6.18. The summed E-state index contributed by atoms with van der Waals surface area (Å²) in [7, 11) is 4.71. The fraction of sp³-hybridized carbons (Fsp3) is 0.222. The van der Waals surface area contributed by atoms with E-state index in [9.17, 15) is 4.79 Å². The zero-order valence-electron chi connectivity index (χ0n) is 20.9. The van der Waals surface area contributed by atoms with E-state index in [1.807, 2.05) is 54.0 Å². The molecule has 37 heavy (non-hydrogen) atoms. The second-order valence-electron chi connectivity index (χ2n) is 8.05. The summed E-state index contributed by atoms with van der Waals surface area (Å²) in [6.45, 7) is 2.14. The minimum absolute atomic E-state index is 0.146. The molecule has 0 atom stereocenters. The van der Waals surface area contributed by atoms with Gasteiger partial charge < -0.3 is 19.5 Å². The first-order chi connectivity index (χ1) is 17.9. The molecule has 0 saturated carbocycles. The summed E-state index contributed by atoms with van der Waals surface area (Å²) < 4.78 is 17.9. The van der Waals surface area contributed by atoms with E-state index in [0.29, 0.717) is 38.8 Å². The molecule has 3 aromatic carbocycles. The molecule has 0 aliphatic carbocycles. The maximum absolute atomic E-state index is 13.0. The minimum atomic E-state index is -0.303. The number of aromatic nitrogens is 3. The number of ether oxygens (including phenoxy) is 3. The zero-order valence-corrected chi connectivity index (χ0v) is 22.5. The quantitative estimate of drug-likeness (QED) is 0.268. The van der Waals surface area contributed by atoms with Gasteiger partial charge in [0, 0.05) is 16.8 Å². The summed E-state index contributed by atoms with van der Waals surface area (Å²) in [4.78, 5) is 13.0. The SMILES string of the molecule is COc1cccc(CSc2nnc(CNC(=O)c3ccc(OC)cc3OC)n2-c2cc(Cl)ccc2C)c1. The Kier molecular flexibility index (Phi) is 8.58. The summed E-state index contributed by atoms with van der Waals surface area (Å²) in [5.41, 5.74) is 3.32. The predicted molar refractivity (Wildman–Crippen MR) is 144 cm³/mol. The molecule has 0 bridgehead atoms. The summed E-state index contributed by atoms with van der Waals surface area (Å²) in [5.74, 6) is 2.73. The normalized spacial score (nSPS) is 10.7. The van der Waals surface area contributed by atoms with Crippen LogP contribution in [0.25, 0.3) is 5.69 Å². The molecule has 0 radical (unpaired) electrons. The van der Waals surface area contributed by atoms with Crippen molar-refractivity contribution in [2.75, 3.05) is 21.3 Å². The minimum Gasteiger partial charge on any atom is -0.497 e. The highest BCUT2D eigenvalue weighted by atomic mass is 35.5. The molecular weight excluding hydrogens is 512 g/mol. The monoisotopic (exact) mass is 538 g/mol. The summed E-state index contributed by atoms with van der Waals surface area (Å²) >= 11 is 7.88. The van der Waals surface area contributed by atoms with Crippen LogP contribution >= 0.6 is 23.4 Å². The standard InChI is InChI=1S/C27H27ClN4O4S/c1-17-8-9-19(28)13-23(17)32-25(15-29-26(33)22-11-10-21(35-3)14-24(22)36-4)30-31-27(32)37-16-18-6-5-7-20(12-18)34-2/h5-14H,15-16H2,1-4H3,(H,29,33). The van der Waals surface area contributed by atoms with Gasteiger partial charge >= 0.3 is 0 Å². The Balaban J connectivity index is 1.61. The number of amides is 1. The lowest BCUT2D eigenvalue weighted by Crippen LogP contribution is -2.25. The van der Waals surface area contributed by atoms with Crippen LogP contribution in [0.5, 0.6) is 17.2 Å². The van der Waals surface area contributed by atoms with E-state index >= 15 is 0 Å². The molecule has 1 aromatic heterocycles. The van der Waals surface area contributed by atoms with Gasteiger partial charge in [-0.2, -0.15) is 0 Å². The van der Waals surface area contributed by atoms with E-state index in [1.165, 1.54) is 18.9 Å². The van der Waals surface area contributed by atoms with Crippen molar-refractivity contribution in [1.82, 2.24) is 20.1 Å². The zero-order chi connectivity index (χ0) is 26.4. The van der Waals surface area contributed by atoms with Gasteiger partial charge in [0.2, 0.25) is 0 Å². The van der Waals surface area contributed by atoms with Gasteiger partial charge in [-0.1, -0.05) is 41.6 Å². The topological polar surface area (TPSA) is 87.5 Å². The largest absolute Gasteiger partial charge is 0.497 e. The molecule has 10 heteroatoms. The van der Waals surface area contributed by atoms with Crippen molar-refractivity contribution in [2.24, 2.45) is 0 Å². The van der Waals surface area contributed by atoms with Crippen molar-refractivity contribution in [3.63, 3.8) is 0 Å². The molecule has 0 aliphatic heterocycles. The lowest BCUT2D eigenvalue weighted by molar-refractivity contribution is 0.0946. The number of aryl methyl sites for hydroxylation is 1. The average molecular weight is 539 g/mol. The van der Waals surface area contributed by atoms with E-state index in [4.69, 9.17) is 25.8 Å². The molecule has 0 aliphatic rings. The van der Waals surface area contributed by atoms with Crippen LogP contribution in [0.4, 0.5) is 0 Å². The molecule has 1 N–H and O–H groups in total. The Morgan fingerprint density at radius 3 is 2.51 bits per heavy atom. The maximum Gasteiger partial charge on any atom is 0.255 e. The molecule has 0 unspecified atom stereocenters. The smallest absolute Gasteiger partial charge is 0.255 e. The number of benzene rings is 3. The third-order valence-corrected chi connectivity index (χ3v) is 6.91. The Labute approximate surface area is 224 Å². The Hall–Kier alpha value is -3.69.